The summed E-state index contributed by atoms with van der Waals surface area (Å²) in [6, 6.07) is 10.5. The number of carbonyl (C=O) groups excluding carboxylic acids is 1. The van der Waals surface area contributed by atoms with E-state index >= 15 is 0 Å². The summed E-state index contributed by atoms with van der Waals surface area (Å²) in [7, 11) is 0. The summed E-state index contributed by atoms with van der Waals surface area (Å²) in [5, 5.41) is 23.4. The summed E-state index contributed by atoms with van der Waals surface area (Å²) >= 11 is 12.7. The molecule has 8 nitrogen and oxygen atoms in total. The van der Waals surface area contributed by atoms with Crippen LogP contribution in [0.1, 0.15) is 63.0 Å². The van der Waals surface area contributed by atoms with Gasteiger partial charge in [0.25, 0.3) is 5.91 Å². The Morgan fingerprint density at radius 1 is 1.00 bits per heavy atom. The number of amides is 1. The largest absolute Gasteiger partial charge is 0.502 e. The third-order valence-corrected chi connectivity index (χ3v) is 7.29. The molecular weight excluding hydrogens is 505 g/mol. The van der Waals surface area contributed by atoms with Crippen molar-refractivity contribution in [3.63, 3.8) is 0 Å². The van der Waals surface area contributed by atoms with Gasteiger partial charge in [0.1, 0.15) is 12.2 Å². The van der Waals surface area contributed by atoms with E-state index < -0.39 is 34.7 Å². The number of rotatable bonds is 3. The molecule has 5 rings (SSSR count). The lowest BCUT2D eigenvalue weighted by atomic mass is 9.94. The van der Waals surface area contributed by atoms with E-state index in [9.17, 15) is 24.6 Å². The van der Waals surface area contributed by atoms with Crippen LogP contribution in [0.15, 0.2) is 47.4 Å². The molecule has 36 heavy (non-hydrogen) atoms. The predicted molar refractivity (Wildman–Crippen MR) is 136 cm³/mol. The second-order valence-electron chi connectivity index (χ2n) is 9.26. The van der Waals surface area contributed by atoms with Crippen LogP contribution in [0.4, 0.5) is 0 Å². The van der Waals surface area contributed by atoms with Crippen LogP contribution in [0.5, 0.6) is 5.75 Å². The molecule has 2 aliphatic rings. The molecule has 0 saturated heterocycles. The maximum Gasteiger partial charge on any atom is 0.341 e. The van der Waals surface area contributed by atoms with E-state index in [-0.39, 0.29) is 18.4 Å². The molecule has 0 unspecified atom stereocenters. The van der Waals surface area contributed by atoms with Gasteiger partial charge in [-0.05, 0) is 73.2 Å². The summed E-state index contributed by atoms with van der Waals surface area (Å²) in [5.74, 6) is -2.95. The molecule has 10 heteroatoms. The summed E-state index contributed by atoms with van der Waals surface area (Å²) in [6.45, 7) is 3.75. The number of aromatic hydroxyl groups is 1. The van der Waals surface area contributed by atoms with E-state index in [0.717, 1.165) is 28.5 Å². The van der Waals surface area contributed by atoms with Crippen LogP contribution in [-0.2, 0) is 12.8 Å². The topological polar surface area (TPSA) is 103 Å². The molecule has 3 aromatic rings. The Morgan fingerprint density at radius 3 is 2.06 bits per heavy atom. The fraction of sp³-hybridized carbons (Fsp3) is 0.269. The van der Waals surface area contributed by atoms with E-state index in [1.54, 1.807) is 17.1 Å². The van der Waals surface area contributed by atoms with Gasteiger partial charge in [0.2, 0.25) is 5.43 Å². The Balaban J connectivity index is 1.84. The highest BCUT2D eigenvalue weighted by Gasteiger charge is 2.40. The van der Waals surface area contributed by atoms with E-state index in [2.05, 4.69) is 0 Å². The van der Waals surface area contributed by atoms with Crippen molar-refractivity contribution in [2.45, 2.75) is 38.8 Å². The quantitative estimate of drug-likeness (QED) is 0.528. The molecule has 2 N–H and O–H groups in total. The van der Waals surface area contributed by atoms with Crippen molar-refractivity contribution < 1.29 is 19.8 Å². The summed E-state index contributed by atoms with van der Waals surface area (Å²) in [4.78, 5) is 39.4. The number of hydrogen-bond donors (Lipinski definition) is 2. The number of aromatic nitrogens is 1. The van der Waals surface area contributed by atoms with Gasteiger partial charge in [-0.3, -0.25) is 19.3 Å². The second-order valence-corrected chi connectivity index (χ2v) is 10.1. The van der Waals surface area contributed by atoms with Gasteiger partial charge >= 0.3 is 5.97 Å². The number of aromatic carboxylic acids is 1. The van der Waals surface area contributed by atoms with Crippen LogP contribution in [-0.4, -0.2) is 44.4 Å². The number of nitrogens with zero attached hydrogens (tertiary/aromatic N) is 3. The summed E-state index contributed by atoms with van der Waals surface area (Å²) < 4.78 is 1.31. The molecule has 2 aromatic carbocycles. The molecule has 2 heterocycles. The first kappa shape index (κ1) is 24.2. The van der Waals surface area contributed by atoms with Gasteiger partial charge in [0.15, 0.2) is 11.4 Å². The molecule has 1 aliphatic carbocycles. The van der Waals surface area contributed by atoms with Crippen molar-refractivity contribution >= 4 is 35.1 Å². The van der Waals surface area contributed by atoms with Crippen LogP contribution < -0.4 is 10.4 Å². The Kier molecular flexibility index (Phi) is 5.97. The van der Waals surface area contributed by atoms with E-state index in [4.69, 9.17) is 23.2 Å². The zero-order valence-electron chi connectivity index (χ0n) is 19.5. The monoisotopic (exact) mass is 527 g/mol. The molecule has 1 aromatic heterocycles. The van der Waals surface area contributed by atoms with Gasteiger partial charge < -0.3 is 15.1 Å². The minimum absolute atomic E-state index is 0.0830. The number of carboxylic acids is 1. The number of fused-ring (bicyclic) bond motifs is 3. The molecule has 186 valence electrons. The summed E-state index contributed by atoms with van der Waals surface area (Å²) in [5.41, 5.74) is 1.82. The molecule has 0 bridgehead atoms. The molecule has 0 saturated carbocycles. The Bertz CT molecular complexity index is 1430. The van der Waals surface area contributed by atoms with Crippen molar-refractivity contribution in [2.24, 2.45) is 0 Å². The van der Waals surface area contributed by atoms with Crippen molar-refractivity contribution in [3.8, 4) is 5.75 Å². The first-order chi connectivity index (χ1) is 17.1. The van der Waals surface area contributed by atoms with Crippen LogP contribution in [0.3, 0.4) is 0 Å². The number of halogens is 2. The predicted octanol–water partition coefficient (Wildman–Crippen LogP) is 4.21. The van der Waals surface area contributed by atoms with Gasteiger partial charge in [-0.2, -0.15) is 0 Å². The zero-order valence-corrected chi connectivity index (χ0v) is 21.0. The Hall–Kier alpha value is -3.49. The average Bonchev–Trinajstić information content (AvgIpc) is 2.97. The zero-order chi connectivity index (χ0) is 25.9. The van der Waals surface area contributed by atoms with Crippen LogP contribution in [0.25, 0.3) is 0 Å². The van der Waals surface area contributed by atoms with Crippen LogP contribution in [0, 0.1) is 0 Å². The highest BCUT2D eigenvalue weighted by Crippen LogP contribution is 2.40. The second kappa shape index (κ2) is 8.87. The van der Waals surface area contributed by atoms with Crippen molar-refractivity contribution in [1.29, 1.82) is 0 Å². The summed E-state index contributed by atoms with van der Waals surface area (Å²) in [6.07, 6.45) is 2.51. The fourth-order valence-electron chi connectivity index (χ4n) is 5.04. The van der Waals surface area contributed by atoms with E-state index in [1.165, 1.54) is 9.58 Å². The highest BCUT2D eigenvalue weighted by molar-refractivity contribution is 6.31. The molecular formula is C26H23Cl2N3O5. The number of carboxylic acid groups (broad SMARTS) is 1. The third kappa shape index (κ3) is 3.81. The molecule has 1 aliphatic heterocycles. The molecule has 0 fully saturated rings. The third-order valence-electron chi connectivity index (χ3n) is 6.82. The van der Waals surface area contributed by atoms with Gasteiger partial charge in [0, 0.05) is 22.3 Å². The Morgan fingerprint density at radius 2 is 1.56 bits per heavy atom. The van der Waals surface area contributed by atoms with Crippen molar-refractivity contribution in [2.75, 3.05) is 11.7 Å². The maximum atomic E-state index is 13.4. The lowest BCUT2D eigenvalue weighted by Crippen LogP contribution is -2.57. The first-order valence-electron chi connectivity index (χ1n) is 11.4. The maximum absolute atomic E-state index is 13.4. The van der Waals surface area contributed by atoms with E-state index in [0.29, 0.717) is 22.9 Å². The number of aryl methyl sites for hydroxylation is 2. The highest BCUT2D eigenvalue weighted by atomic mass is 35.5. The lowest BCUT2D eigenvalue weighted by molar-refractivity contribution is 0.0612. The van der Waals surface area contributed by atoms with Crippen LogP contribution in [0.2, 0.25) is 10.0 Å². The van der Waals surface area contributed by atoms with Gasteiger partial charge in [-0.15, -0.1) is 0 Å². The minimum atomic E-state index is -1.50. The molecule has 0 spiro atoms. The van der Waals surface area contributed by atoms with E-state index in [1.807, 2.05) is 38.1 Å². The minimum Gasteiger partial charge on any atom is -0.502 e. The first-order valence-corrected chi connectivity index (χ1v) is 12.2. The van der Waals surface area contributed by atoms with Crippen molar-refractivity contribution in [3.05, 3.63) is 96.4 Å². The Labute approximate surface area is 216 Å². The molecule has 0 atom stereocenters. The number of benzene rings is 2. The number of pyridine rings is 1. The lowest BCUT2D eigenvalue weighted by Gasteiger charge is -2.45. The van der Waals surface area contributed by atoms with Gasteiger partial charge in [0.05, 0.1) is 6.04 Å². The molecule has 1 amide bonds. The SMILES string of the molecule is CC(C)N1CN(C2c3ccc(Cl)cc3CCc3cc(Cl)ccc32)n2cc(C(=O)O)c(=O)c(O)c2C1=O. The standard InChI is InChI=1S/C26H23Cl2N3O5/c1-13(2)29-12-31(30-11-20(26(35)36)23(32)24(33)22(30)25(29)34)21-18-7-5-16(27)9-14(18)3-4-15-10-17(28)6-8-19(15)21/h5-11,13,21,33H,3-4,12H2,1-2H3,(H,35,36). The van der Waals surface area contributed by atoms with Gasteiger partial charge in [-0.1, -0.05) is 35.3 Å². The normalized spacial score (nSPS) is 15.4. The van der Waals surface area contributed by atoms with Crippen molar-refractivity contribution in [1.82, 2.24) is 9.58 Å². The number of carbonyl (C=O) groups is 2. The smallest absolute Gasteiger partial charge is 0.341 e. The number of hydrogen-bond acceptors (Lipinski definition) is 5. The average molecular weight is 528 g/mol. The molecule has 0 radical (unpaired) electrons. The van der Waals surface area contributed by atoms with Gasteiger partial charge in [-0.25, -0.2) is 4.79 Å². The fourth-order valence-corrected chi connectivity index (χ4v) is 5.43. The van der Waals surface area contributed by atoms with Crippen LogP contribution >= 0.6 is 23.2 Å².